The standard InChI is InChI=1S/C9H13ClN2O.C7H8O3S/c1-6-3-8(4-12-9(6)10)13-5-7(2)11;1-6-2-4-7(5-3-6)11(8,9)10/h3-4,7H,5,11H2,1-2H3;2-5H,1H3,(H,8,9,10)/t7-;/m0./s1. The van der Waals surface area contributed by atoms with Gasteiger partial charge in [0.1, 0.15) is 17.5 Å². The van der Waals surface area contributed by atoms with E-state index in [1.165, 1.54) is 12.1 Å². The number of ether oxygens (including phenoxy) is 1. The molecule has 2 rings (SSSR count). The molecule has 2 aromatic rings. The van der Waals surface area contributed by atoms with Crippen molar-refractivity contribution in [2.24, 2.45) is 5.73 Å². The maximum atomic E-state index is 10.5. The van der Waals surface area contributed by atoms with Crippen LogP contribution in [0.1, 0.15) is 18.1 Å². The van der Waals surface area contributed by atoms with Gasteiger partial charge in [0.05, 0.1) is 11.1 Å². The van der Waals surface area contributed by atoms with E-state index in [0.29, 0.717) is 17.5 Å². The number of aryl methyl sites for hydroxylation is 2. The molecule has 0 unspecified atom stereocenters. The number of halogens is 1. The van der Waals surface area contributed by atoms with E-state index in [4.69, 9.17) is 26.6 Å². The molecule has 1 aromatic heterocycles. The molecule has 8 heteroatoms. The van der Waals surface area contributed by atoms with E-state index in [9.17, 15) is 8.42 Å². The van der Waals surface area contributed by atoms with Crippen LogP contribution in [-0.4, -0.2) is 30.6 Å². The minimum absolute atomic E-state index is 0.0241. The Hall–Kier alpha value is -1.67. The van der Waals surface area contributed by atoms with Crippen LogP contribution in [-0.2, 0) is 10.1 Å². The van der Waals surface area contributed by atoms with Gasteiger partial charge in [0.25, 0.3) is 10.1 Å². The molecule has 1 aromatic carbocycles. The number of pyridine rings is 1. The van der Waals surface area contributed by atoms with Gasteiger partial charge in [-0.1, -0.05) is 29.3 Å². The Morgan fingerprint density at radius 3 is 2.33 bits per heavy atom. The molecule has 24 heavy (non-hydrogen) atoms. The van der Waals surface area contributed by atoms with E-state index in [2.05, 4.69) is 4.98 Å². The van der Waals surface area contributed by atoms with Crippen molar-refractivity contribution in [1.29, 1.82) is 0 Å². The Morgan fingerprint density at radius 1 is 1.29 bits per heavy atom. The summed E-state index contributed by atoms with van der Waals surface area (Å²) in [5.41, 5.74) is 7.40. The molecule has 0 aliphatic heterocycles. The Kier molecular flexibility index (Phi) is 7.62. The summed E-state index contributed by atoms with van der Waals surface area (Å²) in [6, 6.07) is 7.86. The highest BCUT2D eigenvalue weighted by atomic mass is 35.5. The van der Waals surface area contributed by atoms with Gasteiger partial charge in [-0.2, -0.15) is 8.42 Å². The number of nitrogens with two attached hydrogens (primary N) is 1. The molecule has 0 aliphatic rings. The van der Waals surface area contributed by atoms with Crippen LogP contribution >= 0.6 is 11.6 Å². The number of hydrogen-bond donors (Lipinski definition) is 2. The number of rotatable bonds is 4. The average molecular weight is 373 g/mol. The van der Waals surface area contributed by atoms with Crippen molar-refractivity contribution in [2.45, 2.75) is 31.7 Å². The zero-order chi connectivity index (χ0) is 18.3. The Bertz CT molecular complexity index is 762. The van der Waals surface area contributed by atoms with Gasteiger partial charge in [0.15, 0.2) is 0 Å². The van der Waals surface area contributed by atoms with Gasteiger partial charge in [-0.3, -0.25) is 4.55 Å². The third-order valence-corrected chi connectivity index (χ3v) is 4.08. The minimum Gasteiger partial charge on any atom is -0.490 e. The van der Waals surface area contributed by atoms with Crippen molar-refractivity contribution in [2.75, 3.05) is 6.61 Å². The molecule has 0 radical (unpaired) electrons. The van der Waals surface area contributed by atoms with Crippen LogP contribution < -0.4 is 10.5 Å². The smallest absolute Gasteiger partial charge is 0.294 e. The van der Waals surface area contributed by atoms with Crippen molar-refractivity contribution in [1.82, 2.24) is 4.98 Å². The molecule has 1 atom stereocenters. The van der Waals surface area contributed by atoms with E-state index in [0.717, 1.165) is 11.1 Å². The lowest BCUT2D eigenvalue weighted by Gasteiger charge is -2.08. The van der Waals surface area contributed by atoms with E-state index < -0.39 is 10.1 Å². The van der Waals surface area contributed by atoms with Crippen LogP contribution in [0.2, 0.25) is 5.15 Å². The molecule has 1 heterocycles. The van der Waals surface area contributed by atoms with Gasteiger partial charge in [0, 0.05) is 6.04 Å². The fourth-order valence-corrected chi connectivity index (χ4v) is 2.13. The summed E-state index contributed by atoms with van der Waals surface area (Å²) in [5, 5.41) is 0.508. The maximum Gasteiger partial charge on any atom is 0.294 e. The van der Waals surface area contributed by atoms with Crippen molar-refractivity contribution in [3.63, 3.8) is 0 Å². The second-order valence-electron chi connectivity index (χ2n) is 5.36. The summed E-state index contributed by atoms with van der Waals surface area (Å²) in [6.07, 6.45) is 1.59. The van der Waals surface area contributed by atoms with Crippen LogP contribution in [0, 0.1) is 13.8 Å². The van der Waals surface area contributed by atoms with Crippen molar-refractivity contribution in [3.05, 3.63) is 52.8 Å². The van der Waals surface area contributed by atoms with Gasteiger partial charge in [-0.25, -0.2) is 4.98 Å². The van der Waals surface area contributed by atoms with E-state index >= 15 is 0 Å². The van der Waals surface area contributed by atoms with Gasteiger partial charge in [0.2, 0.25) is 0 Å². The van der Waals surface area contributed by atoms with E-state index in [-0.39, 0.29) is 10.9 Å². The highest BCUT2D eigenvalue weighted by Crippen LogP contribution is 2.17. The molecule has 0 fully saturated rings. The predicted molar refractivity (Wildman–Crippen MR) is 94.1 cm³/mol. The molecule has 132 valence electrons. The summed E-state index contributed by atoms with van der Waals surface area (Å²) in [4.78, 5) is 3.89. The first-order valence-electron chi connectivity index (χ1n) is 7.14. The minimum atomic E-state index is -4.02. The Morgan fingerprint density at radius 2 is 1.88 bits per heavy atom. The van der Waals surface area contributed by atoms with Crippen molar-refractivity contribution >= 4 is 21.7 Å². The third kappa shape index (κ3) is 7.27. The number of nitrogens with zero attached hydrogens (tertiary/aromatic N) is 1. The number of hydrogen-bond acceptors (Lipinski definition) is 5. The fraction of sp³-hybridized carbons (Fsp3) is 0.312. The second-order valence-corrected chi connectivity index (χ2v) is 7.13. The monoisotopic (exact) mass is 372 g/mol. The summed E-state index contributed by atoms with van der Waals surface area (Å²) >= 11 is 5.75. The van der Waals surface area contributed by atoms with Gasteiger partial charge < -0.3 is 10.5 Å². The quantitative estimate of drug-likeness (QED) is 0.631. The van der Waals surface area contributed by atoms with Crippen molar-refractivity contribution < 1.29 is 17.7 Å². The van der Waals surface area contributed by atoms with Gasteiger partial charge in [-0.05, 0) is 44.5 Å². The first-order valence-corrected chi connectivity index (χ1v) is 8.96. The zero-order valence-corrected chi connectivity index (χ0v) is 15.3. The highest BCUT2D eigenvalue weighted by molar-refractivity contribution is 7.85. The largest absolute Gasteiger partial charge is 0.490 e. The molecule has 0 saturated carbocycles. The molecule has 0 bridgehead atoms. The highest BCUT2D eigenvalue weighted by Gasteiger charge is 2.06. The fourth-order valence-electron chi connectivity index (χ4n) is 1.55. The van der Waals surface area contributed by atoms with Crippen molar-refractivity contribution in [3.8, 4) is 5.75 Å². The zero-order valence-electron chi connectivity index (χ0n) is 13.7. The maximum absolute atomic E-state index is 10.5. The summed E-state index contributed by atoms with van der Waals surface area (Å²) in [5.74, 6) is 0.708. The number of aromatic nitrogens is 1. The Labute approximate surface area is 147 Å². The second kappa shape index (κ2) is 8.98. The van der Waals surface area contributed by atoms with Gasteiger partial charge >= 0.3 is 0 Å². The number of benzene rings is 1. The normalized spacial score (nSPS) is 12.1. The third-order valence-electron chi connectivity index (χ3n) is 2.82. The summed E-state index contributed by atoms with van der Waals surface area (Å²) < 4.78 is 34.9. The molecule has 0 spiro atoms. The molecule has 3 N–H and O–H groups in total. The molecule has 0 saturated heterocycles. The SMILES string of the molecule is Cc1cc(OC[C@H](C)N)cnc1Cl.Cc1ccc(S(=O)(=O)O)cc1. The van der Waals surface area contributed by atoms with Crippen LogP contribution in [0.4, 0.5) is 0 Å². The first-order chi connectivity index (χ1) is 11.1. The molecular weight excluding hydrogens is 352 g/mol. The van der Waals surface area contributed by atoms with Gasteiger partial charge in [-0.15, -0.1) is 0 Å². The van der Waals surface area contributed by atoms with E-state index in [1.807, 2.05) is 26.8 Å². The Balaban J connectivity index is 0.000000243. The average Bonchev–Trinajstić information content (AvgIpc) is 2.48. The summed E-state index contributed by atoms with van der Waals surface area (Å²) in [6.45, 7) is 6.10. The lowest BCUT2D eigenvalue weighted by molar-refractivity contribution is 0.295. The topological polar surface area (TPSA) is 103 Å². The first kappa shape index (κ1) is 20.4. The molecular formula is C16H21ClN2O4S. The molecule has 6 nitrogen and oxygen atoms in total. The lowest BCUT2D eigenvalue weighted by Crippen LogP contribution is -2.23. The van der Waals surface area contributed by atoms with Crippen LogP contribution in [0.5, 0.6) is 5.75 Å². The summed E-state index contributed by atoms with van der Waals surface area (Å²) in [7, 11) is -4.02. The van der Waals surface area contributed by atoms with E-state index in [1.54, 1.807) is 18.3 Å². The van der Waals surface area contributed by atoms with Crippen LogP contribution in [0.25, 0.3) is 0 Å². The predicted octanol–water partition coefficient (Wildman–Crippen LogP) is 3.01. The molecule has 0 amide bonds. The lowest BCUT2D eigenvalue weighted by atomic mass is 10.2. The molecule has 0 aliphatic carbocycles. The van der Waals surface area contributed by atoms with Crippen LogP contribution in [0.3, 0.4) is 0 Å². The van der Waals surface area contributed by atoms with Crippen LogP contribution in [0.15, 0.2) is 41.4 Å².